The predicted molar refractivity (Wildman–Crippen MR) is 60.6 cm³/mol. The van der Waals surface area contributed by atoms with Gasteiger partial charge in [0, 0.05) is 19.6 Å². The maximum atomic E-state index is 11.5. The molecule has 0 atom stereocenters. The lowest BCUT2D eigenvalue weighted by Crippen LogP contribution is -2.35. The Kier molecular flexibility index (Phi) is 4.68. The van der Waals surface area contributed by atoms with Gasteiger partial charge in [0.05, 0.1) is 0 Å². The summed E-state index contributed by atoms with van der Waals surface area (Å²) >= 11 is 0. The molecule has 0 aromatic heterocycles. The second kappa shape index (κ2) is 6.06. The Morgan fingerprint density at radius 3 is 2.47 bits per heavy atom. The monoisotopic (exact) mass is 205 g/mol. The van der Waals surface area contributed by atoms with E-state index in [1.54, 1.807) is 4.90 Å². The number of urea groups is 1. The van der Waals surface area contributed by atoms with Crippen LogP contribution in [0, 0.1) is 0 Å². The summed E-state index contributed by atoms with van der Waals surface area (Å²) in [6.07, 6.45) is 0. The molecule has 0 bridgehead atoms. The summed E-state index contributed by atoms with van der Waals surface area (Å²) in [6, 6.07) is 9.83. The Labute approximate surface area is 91.1 Å². The standard InChI is InChI=1S/C12H17N2O/c1-3-13-12(15)14(4-2)10-11-8-6-5-7-9-11/h5-9H,3-4,10H2,1-2H3. The molecule has 2 amide bonds. The molecule has 0 heterocycles. The highest BCUT2D eigenvalue weighted by Crippen LogP contribution is 2.04. The molecule has 1 aromatic carbocycles. The number of carbonyl (C=O) groups excluding carboxylic acids is 1. The van der Waals surface area contributed by atoms with E-state index in [9.17, 15) is 4.79 Å². The van der Waals surface area contributed by atoms with Crippen LogP contribution in [0.3, 0.4) is 0 Å². The number of hydrogen-bond donors (Lipinski definition) is 0. The first-order valence-electron chi connectivity index (χ1n) is 5.28. The quantitative estimate of drug-likeness (QED) is 0.742. The fourth-order valence-electron chi connectivity index (χ4n) is 1.35. The Morgan fingerprint density at radius 2 is 1.93 bits per heavy atom. The molecule has 3 nitrogen and oxygen atoms in total. The van der Waals surface area contributed by atoms with Crippen molar-refractivity contribution in [1.82, 2.24) is 10.2 Å². The van der Waals surface area contributed by atoms with Crippen molar-refractivity contribution in [2.45, 2.75) is 20.4 Å². The van der Waals surface area contributed by atoms with Crippen LogP contribution in [-0.4, -0.2) is 24.0 Å². The van der Waals surface area contributed by atoms with E-state index in [2.05, 4.69) is 5.32 Å². The molecule has 0 aliphatic rings. The maximum Gasteiger partial charge on any atom is 0.339 e. The van der Waals surface area contributed by atoms with Crippen LogP contribution in [-0.2, 0) is 6.54 Å². The number of rotatable bonds is 4. The van der Waals surface area contributed by atoms with E-state index in [0.29, 0.717) is 19.6 Å². The van der Waals surface area contributed by atoms with Crippen LogP contribution in [0.15, 0.2) is 30.3 Å². The number of carbonyl (C=O) groups is 1. The first-order valence-corrected chi connectivity index (χ1v) is 5.28. The summed E-state index contributed by atoms with van der Waals surface area (Å²) in [5, 5.41) is 3.88. The molecule has 0 saturated heterocycles. The average molecular weight is 205 g/mol. The average Bonchev–Trinajstić information content (AvgIpc) is 2.27. The Morgan fingerprint density at radius 1 is 1.27 bits per heavy atom. The predicted octanol–water partition coefficient (Wildman–Crippen LogP) is 2.25. The fraction of sp³-hybridized carbons (Fsp3) is 0.417. The van der Waals surface area contributed by atoms with Gasteiger partial charge in [0.25, 0.3) is 0 Å². The molecule has 1 aromatic rings. The highest BCUT2D eigenvalue weighted by atomic mass is 16.2. The summed E-state index contributed by atoms with van der Waals surface area (Å²) in [5.41, 5.74) is 1.14. The van der Waals surface area contributed by atoms with Crippen molar-refractivity contribution in [3.05, 3.63) is 35.9 Å². The lowest BCUT2D eigenvalue weighted by Gasteiger charge is -2.19. The molecule has 0 saturated carbocycles. The van der Waals surface area contributed by atoms with Crippen LogP contribution < -0.4 is 5.32 Å². The smallest absolute Gasteiger partial charge is 0.319 e. The molecule has 81 valence electrons. The summed E-state index contributed by atoms with van der Waals surface area (Å²) in [7, 11) is 0. The lowest BCUT2D eigenvalue weighted by atomic mass is 10.2. The second-order valence-electron chi connectivity index (χ2n) is 3.26. The summed E-state index contributed by atoms with van der Waals surface area (Å²) in [6.45, 7) is 5.71. The van der Waals surface area contributed by atoms with E-state index < -0.39 is 0 Å². The molecule has 0 unspecified atom stereocenters. The molecule has 1 radical (unpaired) electrons. The number of nitrogens with zero attached hydrogens (tertiary/aromatic N) is 2. The topological polar surface area (TPSA) is 34.4 Å². The SMILES string of the molecule is CC[N]C(=O)N(CC)Cc1ccccc1. The van der Waals surface area contributed by atoms with Gasteiger partial charge in [0.15, 0.2) is 0 Å². The molecule has 0 aliphatic heterocycles. The zero-order valence-electron chi connectivity index (χ0n) is 9.31. The van der Waals surface area contributed by atoms with Gasteiger partial charge < -0.3 is 4.90 Å². The first-order chi connectivity index (χ1) is 7.27. The van der Waals surface area contributed by atoms with Crippen LogP contribution >= 0.6 is 0 Å². The van der Waals surface area contributed by atoms with Crippen molar-refractivity contribution in [1.29, 1.82) is 0 Å². The van der Waals surface area contributed by atoms with Gasteiger partial charge in [-0.25, -0.2) is 10.1 Å². The number of hydrogen-bond acceptors (Lipinski definition) is 1. The molecular formula is C12H17N2O. The van der Waals surface area contributed by atoms with E-state index in [4.69, 9.17) is 0 Å². The molecule has 0 N–H and O–H groups in total. The summed E-state index contributed by atoms with van der Waals surface area (Å²) < 4.78 is 0. The maximum absolute atomic E-state index is 11.5. The fourth-order valence-corrected chi connectivity index (χ4v) is 1.35. The molecular weight excluding hydrogens is 188 g/mol. The van der Waals surface area contributed by atoms with Crippen molar-refractivity contribution in [3.63, 3.8) is 0 Å². The third-order valence-electron chi connectivity index (χ3n) is 2.16. The van der Waals surface area contributed by atoms with Gasteiger partial charge >= 0.3 is 6.03 Å². The van der Waals surface area contributed by atoms with Crippen LogP contribution in [0.1, 0.15) is 19.4 Å². The third kappa shape index (κ3) is 3.62. The molecule has 1 rings (SSSR count). The third-order valence-corrected chi connectivity index (χ3v) is 2.16. The van der Waals surface area contributed by atoms with Crippen LogP contribution in [0.5, 0.6) is 0 Å². The minimum Gasteiger partial charge on any atom is -0.319 e. The summed E-state index contributed by atoms with van der Waals surface area (Å²) in [4.78, 5) is 13.3. The molecule has 0 fully saturated rings. The summed E-state index contributed by atoms with van der Waals surface area (Å²) in [5.74, 6) is 0. The van der Waals surface area contributed by atoms with Gasteiger partial charge in [0.1, 0.15) is 0 Å². The number of amides is 2. The molecule has 0 aliphatic carbocycles. The van der Waals surface area contributed by atoms with Gasteiger partial charge in [-0.15, -0.1) is 0 Å². The van der Waals surface area contributed by atoms with Crippen LogP contribution in [0.4, 0.5) is 4.79 Å². The second-order valence-corrected chi connectivity index (χ2v) is 3.26. The Hall–Kier alpha value is -1.51. The van der Waals surface area contributed by atoms with Crippen molar-refractivity contribution in [2.75, 3.05) is 13.1 Å². The van der Waals surface area contributed by atoms with Gasteiger partial charge in [0.2, 0.25) is 0 Å². The van der Waals surface area contributed by atoms with E-state index in [1.807, 2.05) is 44.2 Å². The van der Waals surface area contributed by atoms with Gasteiger partial charge in [-0.2, -0.15) is 0 Å². The van der Waals surface area contributed by atoms with Gasteiger partial charge in [-0.3, -0.25) is 0 Å². The highest BCUT2D eigenvalue weighted by molar-refractivity contribution is 5.73. The van der Waals surface area contributed by atoms with E-state index in [0.717, 1.165) is 5.56 Å². The zero-order chi connectivity index (χ0) is 11.1. The Balaban J connectivity index is 2.58. The van der Waals surface area contributed by atoms with Crippen LogP contribution in [0.25, 0.3) is 0 Å². The van der Waals surface area contributed by atoms with Gasteiger partial charge in [-0.05, 0) is 19.4 Å². The minimum atomic E-state index is -0.121. The molecule has 3 heteroatoms. The van der Waals surface area contributed by atoms with E-state index in [-0.39, 0.29) is 6.03 Å². The minimum absolute atomic E-state index is 0.121. The molecule has 0 spiro atoms. The van der Waals surface area contributed by atoms with Gasteiger partial charge in [-0.1, -0.05) is 30.3 Å². The largest absolute Gasteiger partial charge is 0.339 e. The van der Waals surface area contributed by atoms with Crippen molar-refractivity contribution in [2.24, 2.45) is 0 Å². The van der Waals surface area contributed by atoms with Crippen LogP contribution in [0.2, 0.25) is 0 Å². The van der Waals surface area contributed by atoms with E-state index >= 15 is 0 Å². The molecule has 15 heavy (non-hydrogen) atoms. The lowest BCUT2D eigenvalue weighted by molar-refractivity contribution is 0.198. The van der Waals surface area contributed by atoms with Crippen molar-refractivity contribution < 1.29 is 4.79 Å². The zero-order valence-corrected chi connectivity index (χ0v) is 9.31. The first kappa shape index (κ1) is 11.6. The van der Waals surface area contributed by atoms with E-state index in [1.165, 1.54) is 0 Å². The Bertz CT molecular complexity index is 298. The normalized spacial score (nSPS) is 9.73. The van der Waals surface area contributed by atoms with Crippen molar-refractivity contribution >= 4 is 6.03 Å². The highest BCUT2D eigenvalue weighted by Gasteiger charge is 2.11. The number of benzene rings is 1. The van der Waals surface area contributed by atoms with Crippen molar-refractivity contribution in [3.8, 4) is 0 Å².